The van der Waals surface area contributed by atoms with Crippen LogP contribution in [0.2, 0.25) is 5.02 Å². The second kappa shape index (κ2) is 7.99. The third kappa shape index (κ3) is 3.80. The third-order valence-corrected chi connectivity index (χ3v) is 7.01. The van der Waals surface area contributed by atoms with E-state index in [0.717, 1.165) is 22.5 Å². The lowest BCUT2D eigenvalue weighted by Crippen LogP contribution is -2.51. The van der Waals surface area contributed by atoms with E-state index in [-0.39, 0.29) is 11.8 Å². The number of aromatic nitrogens is 3. The van der Waals surface area contributed by atoms with Crippen LogP contribution in [0, 0.1) is 6.92 Å². The van der Waals surface area contributed by atoms with E-state index in [9.17, 15) is 9.59 Å². The Morgan fingerprint density at radius 3 is 2.73 bits per heavy atom. The fourth-order valence-electron chi connectivity index (χ4n) is 4.72. The molecule has 0 atom stereocenters. The topological polar surface area (TPSA) is 71.3 Å². The number of carbonyl (C=O) groups is 2. The summed E-state index contributed by atoms with van der Waals surface area (Å²) in [7, 11) is 0. The maximum absolute atomic E-state index is 13.5. The smallest absolute Gasteiger partial charge is 0.272 e. The van der Waals surface area contributed by atoms with Crippen LogP contribution in [-0.4, -0.2) is 48.5 Å². The predicted octanol–water partition coefficient (Wildman–Crippen LogP) is 3.87. The van der Waals surface area contributed by atoms with Crippen LogP contribution in [-0.2, 0) is 26.1 Å². The number of nitrogens with zero attached hydrogens (tertiary/aromatic N) is 5. The summed E-state index contributed by atoms with van der Waals surface area (Å²) in [6.07, 6.45) is 2.33. The Hall–Kier alpha value is -3.19. The van der Waals surface area contributed by atoms with Crippen molar-refractivity contribution < 1.29 is 9.59 Å². The van der Waals surface area contributed by atoms with Crippen LogP contribution in [0.25, 0.3) is 0 Å². The zero-order valence-electron chi connectivity index (χ0n) is 19.0. The van der Waals surface area contributed by atoms with Gasteiger partial charge in [0.2, 0.25) is 0 Å². The Labute approximate surface area is 198 Å². The molecule has 2 aliphatic rings. The lowest BCUT2D eigenvalue weighted by Gasteiger charge is -2.42. The summed E-state index contributed by atoms with van der Waals surface area (Å²) in [5.41, 5.74) is 4.22. The number of hydrogen-bond acceptors (Lipinski definition) is 4. The molecule has 33 heavy (non-hydrogen) atoms. The standard InChI is InChI=1S/C25H26ClN5O2/c1-16-12-17(7-8-20(16)26)23(32)30-15-19-21(13-25(30,2)3)28-31-11-10-29(24(33)22(19)31)14-18-6-4-5-9-27-18/h4-9,12H,10-11,13-15H2,1-3H3. The fourth-order valence-corrected chi connectivity index (χ4v) is 4.84. The molecule has 0 saturated heterocycles. The zero-order valence-corrected chi connectivity index (χ0v) is 19.8. The molecule has 8 heteroatoms. The van der Waals surface area contributed by atoms with Crippen molar-refractivity contribution in [1.29, 1.82) is 0 Å². The molecule has 0 fully saturated rings. The van der Waals surface area contributed by atoms with Gasteiger partial charge in [-0.1, -0.05) is 17.7 Å². The van der Waals surface area contributed by atoms with Gasteiger partial charge in [0.1, 0.15) is 5.69 Å². The van der Waals surface area contributed by atoms with Gasteiger partial charge in [-0.25, -0.2) is 0 Å². The van der Waals surface area contributed by atoms with Crippen LogP contribution in [0.1, 0.15) is 57.2 Å². The van der Waals surface area contributed by atoms with E-state index in [1.165, 1.54) is 0 Å². The van der Waals surface area contributed by atoms with Gasteiger partial charge in [0.25, 0.3) is 11.8 Å². The molecule has 0 radical (unpaired) electrons. The van der Waals surface area contributed by atoms with Gasteiger partial charge < -0.3 is 9.80 Å². The maximum Gasteiger partial charge on any atom is 0.272 e. The monoisotopic (exact) mass is 463 g/mol. The highest BCUT2D eigenvalue weighted by atomic mass is 35.5. The highest BCUT2D eigenvalue weighted by Crippen LogP contribution is 2.35. The van der Waals surface area contributed by atoms with Crippen LogP contribution >= 0.6 is 11.6 Å². The number of fused-ring (bicyclic) bond motifs is 3. The van der Waals surface area contributed by atoms with Gasteiger partial charge >= 0.3 is 0 Å². The first kappa shape index (κ1) is 21.6. The van der Waals surface area contributed by atoms with Crippen LogP contribution < -0.4 is 0 Å². The SMILES string of the molecule is Cc1cc(C(=O)N2Cc3c(nn4c3C(=O)N(Cc3ccccn3)CC4)CC2(C)C)ccc1Cl. The molecular formula is C25H26ClN5O2. The molecule has 170 valence electrons. The lowest BCUT2D eigenvalue weighted by atomic mass is 9.87. The summed E-state index contributed by atoms with van der Waals surface area (Å²) in [4.78, 5) is 35.0. The molecule has 2 amide bonds. The summed E-state index contributed by atoms with van der Waals surface area (Å²) in [5, 5.41) is 5.40. The summed E-state index contributed by atoms with van der Waals surface area (Å²) in [5.74, 6) is -0.130. The average Bonchev–Trinajstić information content (AvgIpc) is 3.14. The van der Waals surface area contributed by atoms with Crippen LogP contribution in [0.3, 0.4) is 0 Å². The van der Waals surface area contributed by atoms with Crippen molar-refractivity contribution in [1.82, 2.24) is 24.6 Å². The minimum Gasteiger partial charge on any atom is -0.330 e. The Morgan fingerprint density at radius 1 is 1.18 bits per heavy atom. The average molecular weight is 464 g/mol. The quantitative estimate of drug-likeness (QED) is 0.591. The van der Waals surface area contributed by atoms with E-state index < -0.39 is 5.54 Å². The number of hydrogen-bond donors (Lipinski definition) is 0. The van der Waals surface area contributed by atoms with Gasteiger partial charge in [-0.3, -0.25) is 19.3 Å². The zero-order chi connectivity index (χ0) is 23.3. The third-order valence-electron chi connectivity index (χ3n) is 6.58. The Bertz CT molecular complexity index is 1250. The number of aryl methyl sites for hydroxylation is 1. The maximum atomic E-state index is 13.5. The second-order valence-corrected chi connectivity index (χ2v) is 9.80. The highest BCUT2D eigenvalue weighted by Gasteiger charge is 2.42. The van der Waals surface area contributed by atoms with Crippen molar-refractivity contribution in [3.63, 3.8) is 0 Å². The van der Waals surface area contributed by atoms with Crippen molar-refractivity contribution in [3.05, 3.63) is 81.4 Å². The molecule has 3 aromatic rings. The van der Waals surface area contributed by atoms with Crippen molar-refractivity contribution >= 4 is 23.4 Å². The number of pyridine rings is 1. The molecule has 0 spiro atoms. The highest BCUT2D eigenvalue weighted by molar-refractivity contribution is 6.31. The number of rotatable bonds is 3. The molecule has 0 saturated carbocycles. The molecule has 0 unspecified atom stereocenters. The van der Waals surface area contributed by atoms with Crippen LogP contribution in [0.4, 0.5) is 0 Å². The summed E-state index contributed by atoms with van der Waals surface area (Å²) >= 11 is 6.16. The molecule has 1 aromatic carbocycles. The van der Waals surface area contributed by atoms with Gasteiger partial charge in [-0.2, -0.15) is 5.10 Å². The molecule has 7 nitrogen and oxygen atoms in total. The molecule has 4 heterocycles. The summed E-state index contributed by atoms with van der Waals surface area (Å²) in [6.45, 7) is 8.00. The molecule has 0 aliphatic carbocycles. The van der Waals surface area contributed by atoms with Gasteiger partial charge in [-0.05, 0) is 56.7 Å². The van der Waals surface area contributed by atoms with E-state index >= 15 is 0 Å². The Balaban J connectivity index is 1.47. The second-order valence-electron chi connectivity index (χ2n) is 9.39. The number of amides is 2. The molecular weight excluding hydrogens is 438 g/mol. The number of halogens is 1. The summed E-state index contributed by atoms with van der Waals surface area (Å²) in [6, 6.07) is 11.0. The molecule has 0 bridgehead atoms. The van der Waals surface area contributed by atoms with Gasteiger partial charge in [0.15, 0.2) is 0 Å². The first-order valence-corrected chi connectivity index (χ1v) is 11.5. The van der Waals surface area contributed by atoms with E-state index in [0.29, 0.717) is 48.9 Å². The van der Waals surface area contributed by atoms with Crippen LogP contribution in [0.15, 0.2) is 42.6 Å². The van der Waals surface area contributed by atoms with E-state index in [1.807, 2.05) is 59.5 Å². The van der Waals surface area contributed by atoms with Gasteiger partial charge in [0.05, 0.1) is 31.0 Å². The lowest BCUT2D eigenvalue weighted by molar-refractivity contribution is 0.0480. The Kier molecular flexibility index (Phi) is 5.24. The minimum atomic E-state index is -0.432. The minimum absolute atomic E-state index is 0.0601. The first-order valence-electron chi connectivity index (χ1n) is 11.1. The van der Waals surface area contributed by atoms with E-state index in [2.05, 4.69) is 4.98 Å². The fraction of sp³-hybridized carbons (Fsp3) is 0.360. The Morgan fingerprint density at radius 2 is 2.00 bits per heavy atom. The predicted molar refractivity (Wildman–Crippen MR) is 125 cm³/mol. The van der Waals surface area contributed by atoms with Gasteiger partial charge in [0, 0.05) is 40.9 Å². The van der Waals surface area contributed by atoms with Gasteiger partial charge in [-0.15, -0.1) is 0 Å². The van der Waals surface area contributed by atoms with Crippen molar-refractivity contribution in [2.24, 2.45) is 0 Å². The van der Waals surface area contributed by atoms with Crippen molar-refractivity contribution in [3.8, 4) is 0 Å². The largest absolute Gasteiger partial charge is 0.330 e. The normalized spacial score (nSPS) is 17.0. The first-order chi connectivity index (χ1) is 15.7. The van der Waals surface area contributed by atoms with Crippen molar-refractivity contribution in [2.45, 2.75) is 52.4 Å². The number of carbonyl (C=O) groups excluding carboxylic acids is 2. The number of benzene rings is 1. The molecule has 5 rings (SSSR count). The van der Waals surface area contributed by atoms with Crippen molar-refractivity contribution in [2.75, 3.05) is 6.54 Å². The molecule has 0 N–H and O–H groups in total. The summed E-state index contributed by atoms with van der Waals surface area (Å²) < 4.78 is 1.82. The molecule has 2 aromatic heterocycles. The van der Waals surface area contributed by atoms with Crippen LogP contribution in [0.5, 0.6) is 0 Å². The molecule has 2 aliphatic heterocycles. The van der Waals surface area contributed by atoms with E-state index in [1.54, 1.807) is 18.3 Å². The van der Waals surface area contributed by atoms with E-state index in [4.69, 9.17) is 16.7 Å².